The van der Waals surface area contributed by atoms with Crippen LogP contribution in [0.2, 0.25) is 0 Å². The lowest BCUT2D eigenvalue weighted by atomic mass is 10.1. The lowest BCUT2D eigenvalue weighted by Gasteiger charge is -2.34. The molecule has 126 valence electrons. The molecule has 1 fully saturated rings. The summed E-state index contributed by atoms with van der Waals surface area (Å²) in [6.45, 7) is 4.12. The van der Waals surface area contributed by atoms with Gasteiger partial charge in [0.2, 0.25) is 5.91 Å². The monoisotopic (exact) mass is 329 g/mol. The average Bonchev–Trinajstić information content (AvgIpc) is 3.14. The quantitative estimate of drug-likeness (QED) is 0.758. The number of hydrogen-bond acceptors (Lipinski definition) is 6. The third kappa shape index (κ3) is 3.39. The summed E-state index contributed by atoms with van der Waals surface area (Å²) >= 11 is 0. The number of aromatic nitrogens is 5. The van der Waals surface area contributed by atoms with E-state index >= 15 is 0 Å². The van der Waals surface area contributed by atoms with Crippen LogP contribution in [0.4, 0.5) is 0 Å². The van der Waals surface area contributed by atoms with Crippen LogP contribution in [0.1, 0.15) is 23.0 Å². The van der Waals surface area contributed by atoms with E-state index in [0.29, 0.717) is 31.9 Å². The van der Waals surface area contributed by atoms with E-state index in [1.807, 2.05) is 19.1 Å². The lowest BCUT2D eigenvalue weighted by molar-refractivity contribution is -0.133. The van der Waals surface area contributed by atoms with Crippen molar-refractivity contribution < 1.29 is 9.59 Å². The van der Waals surface area contributed by atoms with E-state index in [1.54, 1.807) is 16.0 Å². The summed E-state index contributed by atoms with van der Waals surface area (Å²) in [4.78, 5) is 32.6. The van der Waals surface area contributed by atoms with Crippen molar-refractivity contribution in [3.63, 3.8) is 0 Å². The van der Waals surface area contributed by atoms with Gasteiger partial charge in [-0.1, -0.05) is 13.0 Å². The molecule has 1 saturated heterocycles. The van der Waals surface area contributed by atoms with E-state index in [4.69, 9.17) is 0 Å². The maximum atomic E-state index is 12.6. The van der Waals surface area contributed by atoms with Crippen LogP contribution in [0.5, 0.6) is 0 Å². The molecule has 0 N–H and O–H groups in total. The average molecular weight is 329 g/mol. The zero-order valence-corrected chi connectivity index (χ0v) is 13.5. The van der Waals surface area contributed by atoms with Gasteiger partial charge in [0.05, 0.1) is 0 Å². The molecule has 0 unspecified atom stereocenters. The molecule has 2 amide bonds. The zero-order valence-electron chi connectivity index (χ0n) is 13.5. The van der Waals surface area contributed by atoms with Crippen molar-refractivity contribution >= 4 is 11.8 Å². The second-order valence-electron chi connectivity index (χ2n) is 5.55. The maximum Gasteiger partial charge on any atom is 0.272 e. The minimum absolute atomic E-state index is 0.0542. The van der Waals surface area contributed by atoms with E-state index in [9.17, 15) is 9.59 Å². The molecule has 0 aliphatic carbocycles. The minimum Gasteiger partial charge on any atom is -0.338 e. The van der Waals surface area contributed by atoms with Crippen molar-refractivity contribution in [1.82, 2.24) is 35.0 Å². The number of rotatable bonds is 4. The second kappa shape index (κ2) is 7.16. The topological polar surface area (TPSA) is 97.1 Å². The Morgan fingerprint density at radius 3 is 2.58 bits per heavy atom. The van der Waals surface area contributed by atoms with Crippen molar-refractivity contribution in [1.29, 1.82) is 0 Å². The highest BCUT2D eigenvalue weighted by Crippen LogP contribution is 2.12. The normalized spacial score (nSPS) is 14.7. The Morgan fingerprint density at radius 1 is 1.17 bits per heavy atom. The van der Waals surface area contributed by atoms with Crippen molar-refractivity contribution in [2.24, 2.45) is 0 Å². The number of piperazine rings is 1. The number of carbonyl (C=O) groups is 2. The van der Waals surface area contributed by atoms with Crippen molar-refractivity contribution in [2.75, 3.05) is 26.2 Å². The molecule has 2 aromatic heterocycles. The summed E-state index contributed by atoms with van der Waals surface area (Å²) in [6, 6.07) is 3.76. The molecular formula is C15H19N7O2. The fourth-order valence-electron chi connectivity index (χ4n) is 2.72. The highest BCUT2D eigenvalue weighted by Gasteiger charge is 2.26. The first-order chi connectivity index (χ1) is 11.7. The summed E-state index contributed by atoms with van der Waals surface area (Å²) in [5, 5.41) is 10.7. The Morgan fingerprint density at radius 2 is 1.92 bits per heavy atom. The van der Waals surface area contributed by atoms with Gasteiger partial charge in [0, 0.05) is 32.4 Å². The van der Waals surface area contributed by atoms with Crippen LogP contribution in [0, 0.1) is 0 Å². The number of tetrazole rings is 1. The van der Waals surface area contributed by atoms with Gasteiger partial charge in [0.15, 0.2) is 0 Å². The molecule has 3 heterocycles. The first-order valence-electron chi connectivity index (χ1n) is 7.90. The molecule has 1 aliphatic heterocycles. The highest BCUT2D eigenvalue weighted by atomic mass is 16.2. The van der Waals surface area contributed by atoms with E-state index in [0.717, 1.165) is 12.0 Å². The van der Waals surface area contributed by atoms with E-state index in [1.165, 1.54) is 11.0 Å². The van der Waals surface area contributed by atoms with E-state index in [-0.39, 0.29) is 18.4 Å². The molecule has 0 bridgehead atoms. The SMILES string of the molecule is CCc1cccnc1C(=O)N1CCN(C(=O)Cn2cnnn2)CC1. The third-order valence-electron chi connectivity index (χ3n) is 4.08. The summed E-state index contributed by atoms with van der Waals surface area (Å²) in [7, 11) is 0. The maximum absolute atomic E-state index is 12.6. The number of carbonyl (C=O) groups excluding carboxylic acids is 2. The van der Waals surface area contributed by atoms with E-state index in [2.05, 4.69) is 20.5 Å². The Hall–Kier alpha value is -2.84. The third-order valence-corrected chi connectivity index (χ3v) is 4.08. The van der Waals surface area contributed by atoms with Crippen LogP contribution in [0.15, 0.2) is 24.7 Å². The lowest BCUT2D eigenvalue weighted by Crippen LogP contribution is -2.51. The molecule has 0 aromatic carbocycles. The van der Waals surface area contributed by atoms with Gasteiger partial charge in [-0.25, -0.2) is 4.68 Å². The van der Waals surface area contributed by atoms with Crippen LogP contribution >= 0.6 is 0 Å². The zero-order chi connectivity index (χ0) is 16.9. The van der Waals surface area contributed by atoms with Crippen LogP contribution < -0.4 is 0 Å². The molecule has 24 heavy (non-hydrogen) atoms. The van der Waals surface area contributed by atoms with Crippen molar-refractivity contribution in [3.8, 4) is 0 Å². The van der Waals surface area contributed by atoms with Gasteiger partial charge in [-0.15, -0.1) is 5.10 Å². The molecular weight excluding hydrogens is 310 g/mol. The van der Waals surface area contributed by atoms with Crippen LogP contribution in [-0.4, -0.2) is 73.0 Å². The molecule has 0 spiro atoms. The summed E-state index contributed by atoms with van der Waals surface area (Å²) in [6.07, 6.45) is 3.81. The van der Waals surface area contributed by atoms with Crippen LogP contribution in [-0.2, 0) is 17.8 Å². The summed E-state index contributed by atoms with van der Waals surface area (Å²) in [5.74, 6) is -0.124. The number of hydrogen-bond donors (Lipinski definition) is 0. The van der Waals surface area contributed by atoms with Gasteiger partial charge in [-0.2, -0.15) is 0 Å². The first-order valence-corrected chi connectivity index (χ1v) is 7.90. The number of nitrogens with zero attached hydrogens (tertiary/aromatic N) is 7. The van der Waals surface area contributed by atoms with Gasteiger partial charge < -0.3 is 9.80 Å². The highest BCUT2D eigenvalue weighted by molar-refractivity contribution is 5.94. The molecule has 2 aromatic rings. The van der Waals surface area contributed by atoms with Gasteiger partial charge in [0.25, 0.3) is 5.91 Å². The second-order valence-corrected chi connectivity index (χ2v) is 5.55. The van der Waals surface area contributed by atoms with E-state index < -0.39 is 0 Å². The smallest absolute Gasteiger partial charge is 0.272 e. The summed E-state index contributed by atoms with van der Waals surface area (Å²) < 4.78 is 1.39. The fraction of sp³-hybridized carbons (Fsp3) is 0.467. The fourth-order valence-corrected chi connectivity index (χ4v) is 2.72. The Kier molecular flexibility index (Phi) is 4.78. The Balaban J connectivity index is 1.58. The predicted octanol–water partition coefficient (Wildman–Crippen LogP) is -0.385. The molecule has 3 rings (SSSR count). The molecule has 0 radical (unpaired) electrons. The molecule has 9 heteroatoms. The molecule has 9 nitrogen and oxygen atoms in total. The van der Waals surface area contributed by atoms with Gasteiger partial charge >= 0.3 is 0 Å². The Bertz CT molecular complexity index is 708. The minimum atomic E-state index is -0.0694. The first kappa shape index (κ1) is 16.0. The van der Waals surface area contributed by atoms with Crippen LogP contribution in [0.3, 0.4) is 0 Å². The summed E-state index contributed by atoms with van der Waals surface area (Å²) in [5.41, 5.74) is 1.45. The number of aryl methyl sites for hydroxylation is 1. The van der Waals surface area contributed by atoms with Crippen molar-refractivity contribution in [2.45, 2.75) is 19.9 Å². The van der Waals surface area contributed by atoms with Crippen LogP contribution in [0.25, 0.3) is 0 Å². The largest absolute Gasteiger partial charge is 0.338 e. The molecule has 1 aliphatic rings. The molecule has 0 saturated carbocycles. The van der Waals surface area contributed by atoms with Crippen molar-refractivity contribution in [3.05, 3.63) is 35.9 Å². The van der Waals surface area contributed by atoms with Gasteiger partial charge in [-0.3, -0.25) is 14.6 Å². The van der Waals surface area contributed by atoms with Gasteiger partial charge in [0.1, 0.15) is 18.6 Å². The van der Waals surface area contributed by atoms with Gasteiger partial charge in [-0.05, 0) is 28.5 Å². The number of pyridine rings is 1. The standard InChI is InChI=1S/C15H19N7O2/c1-2-12-4-3-5-16-14(12)15(24)21-8-6-20(7-9-21)13(23)10-22-11-17-18-19-22/h3-5,11H,2,6-10H2,1H3. The number of amides is 2. The Labute approximate surface area is 139 Å². The molecule has 0 atom stereocenters. The predicted molar refractivity (Wildman–Crippen MR) is 83.9 cm³/mol.